The first-order valence-corrected chi connectivity index (χ1v) is 7.21. The average Bonchev–Trinajstić information content (AvgIpc) is 2.39. The molecule has 0 radical (unpaired) electrons. The topological polar surface area (TPSA) is 49.6 Å². The Morgan fingerprint density at radius 2 is 1.90 bits per heavy atom. The maximum absolute atomic E-state index is 12.2. The summed E-state index contributed by atoms with van der Waals surface area (Å²) in [6.07, 6.45) is 0. The molecule has 0 heterocycles. The molecule has 0 aromatic heterocycles. The van der Waals surface area contributed by atoms with Crippen LogP contribution in [0.5, 0.6) is 0 Å². The molecule has 0 unspecified atom stereocenters. The van der Waals surface area contributed by atoms with E-state index in [4.69, 9.17) is 18.0 Å². The first-order valence-electron chi connectivity index (χ1n) is 6.80. The second-order valence-corrected chi connectivity index (χ2v) is 5.20. The van der Waals surface area contributed by atoms with E-state index < -0.39 is 0 Å². The Hall–Kier alpha value is -1.62. The summed E-state index contributed by atoms with van der Waals surface area (Å²) in [4.78, 5) is 16.3. The molecule has 110 valence electrons. The van der Waals surface area contributed by atoms with Crippen LogP contribution in [0, 0.1) is 6.92 Å². The average molecular weight is 293 g/mol. The number of thiocarbonyl (C=S) groups is 1. The van der Waals surface area contributed by atoms with Crippen molar-refractivity contribution in [3.05, 3.63) is 29.3 Å². The number of nitrogens with two attached hydrogens (primary N) is 1. The van der Waals surface area contributed by atoms with Crippen LogP contribution in [0.25, 0.3) is 0 Å². The van der Waals surface area contributed by atoms with Crippen molar-refractivity contribution in [2.45, 2.75) is 20.8 Å². The molecule has 20 heavy (non-hydrogen) atoms. The van der Waals surface area contributed by atoms with E-state index in [0.29, 0.717) is 11.5 Å². The fraction of sp³-hybridized carbons (Fsp3) is 0.467. The second kappa shape index (κ2) is 7.24. The minimum atomic E-state index is 0.106. The Kier molecular flexibility index (Phi) is 5.95. The number of para-hydroxylation sites is 1. The number of hydrogen-bond donors (Lipinski definition) is 1. The predicted molar refractivity (Wildman–Crippen MR) is 88.3 cm³/mol. The molecule has 0 aliphatic heterocycles. The van der Waals surface area contributed by atoms with Gasteiger partial charge in [-0.05, 0) is 32.4 Å². The summed E-state index contributed by atoms with van der Waals surface area (Å²) in [6.45, 7) is 7.72. The molecule has 2 N–H and O–H groups in total. The van der Waals surface area contributed by atoms with Gasteiger partial charge in [0.1, 0.15) is 4.99 Å². The Bertz CT molecular complexity index is 498. The van der Waals surface area contributed by atoms with Crippen LogP contribution in [0.2, 0.25) is 0 Å². The minimum absolute atomic E-state index is 0.106. The molecule has 5 heteroatoms. The number of hydrogen-bond acceptors (Lipinski definition) is 3. The highest BCUT2D eigenvalue weighted by Crippen LogP contribution is 2.24. The van der Waals surface area contributed by atoms with Crippen LogP contribution in [-0.4, -0.2) is 42.5 Å². The van der Waals surface area contributed by atoms with Crippen LogP contribution < -0.4 is 10.6 Å². The van der Waals surface area contributed by atoms with Gasteiger partial charge in [0.2, 0.25) is 5.91 Å². The first kappa shape index (κ1) is 16.4. The van der Waals surface area contributed by atoms with Gasteiger partial charge in [0.15, 0.2) is 0 Å². The number of aryl methyl sites for hydroxylation is 1. The number of carbonyl (C=O) groups is 1. The largest absolute Gasteiger partial charge is 0.389 e. The molecule has 0 atom stereocenters. The van der Waals surface area contributed by atoms with Crippen molar-refractivity contribution >= 4 is 28.8 Å². The Morgan fingerprint density at radius 1 is 1.30 bits per heavy atom. The molecule has 0 saturated carbocycles. The van der Waals surface area contributed by atoms with Gasteiger partial charge in [-0.3, -0.25) is 4.79 Å². The van der Waals surface area contributed by atoms with Crippen LogP contribution in [-0.2, 0) is 4.79 Å². The molecule has 1 amide bonds. The third-order valence-electron chi connectivity index (χ3n) is 3.37. The van der Waals surface area contributed by atoms with Crippen LogP contribution in [0.3, 0.4) is 0 Å². The SMILES string of the molecule is CCN(CC)C(=O)CN(C)c1c(C)cccc1C(N)=S. The highest BCUT2D eigenvalue weighted by atomic mass is 32.1. The van der Waals surface area contributed by atoms with Gasteiger partial charge >= 0.3 is 0 Å². The lowest BCUT2D eigenvalue weighted by atomic mass is 10.1. The minimum Gasteiger partial charge on any atom is -0.389 e. The fourth-order valence-corrected chi connectivity index (χ4v) is 2.49. The molecule has 0 aliphatic rings. The lowest BCUT2D eigenvalue weighted by Gasteiger charge is -2.27. The van der Waals surface area contributed by atoms with Crippen molar-refractivity contribution in [3.8, 4) is 0 Å². The van der Waals surface area contributed by atoms with Gasteiger partial charge < -0.3 is 15.5 Å². The summed E-state index contributed by atoms with van der Waals surface area (Å²) >= 11 is 5.10. The highest BCUT2D eigenvalue weighted by molar-refractivity contribution is 7.80. The van der Waals surface area contributed by atoms with Gasteiger partial charge in [0, 0.05) is 25.7 Å². The van der Waals surface area contributed by atoms with E-state index in [2.05, 4.69) is 0 Å². The molecule has 0 bridgehead atoms. The number of amides is 1. The summed E-state index contributed by atoms with van der Waals surface area (Å²) in [5, 5.41) is 0. The Morgan fingerprint density at radius 3 is 2.40 bits per heavy atom. The molecular formula is C15H23N3OS. The van der Waals surface area contributed by atoms with E-state index in [9.17, 15) is 4.79 Å². The van der Waals surface area contributed by atoms with E-state index in [0.717, 1.165) is 29.9 Å². The molecule has 0 saturated heterocycles. The molecule has 0 aliphatic carbocycles. The third-order valence-corrected chi connectivity index (χ3v) is 3.59. The lowest BCUT2D eigenvalue weighted by Crippen LogP contribution is -2.39. The Labute approximate surface area is 126 Å². The van der Waals surface area contributed by atoms with E-state index in [1.165, 1.54) is 0 Å². The maximum Gasteiger partial charge on any atom is 0.242 e. The van der Waals surface area contributed by atoms with E-state index >= 15 is 0 Å². The smallest absolute Gasteiger partial charge is 0.242 e. The normalized spacial score (nSPS) is 10.2. The van der Waals surface area contributed by atoms with Crippen LogP contribution in [0.1, 0.15) is 25.0 Å². The molecule has 1 aromatic rings. The van der Waals surface area contributed by atoms with E-state index in [1.807, 2.05) is 55.8 Å². The predicted octanol–water partition coefficient (Wildman–Crippen LogP) is 1.93. The zero-order chi connectivity index (χ0) is 15.3. The summed E-state index contributed by atoms with van der Waals surface area (Å²) in [5.74, 6) is 0.106. The molecular weight excluding hydrogens is 270 g/mol. The number of benzene rings is 1. The van der Waals surface area contributed by atoms with Gasteiger partial charge in [-0.2, -0.15) is 0 Å². The van der Waals surface area contributed by atoms with Gasteiger partial charge in [-0.15, -0.1) is 0 Å². The van der Waals surface area contributed by atoms with Gasteiger partial charge in [0.25, 0.3) is 0 Å². The van der Waals surface area contributed by atoms with E-state index in [1.54, 1.807) is 0 Å². The lowest BCUT2D eigenvalue weighted by molar-refractivity contribution is -0.129. The number of nitrogens with zero attached hydrogens (tertiary/aromatic N) is 2. The van der Waals surface area contributed by atoms with Gasteiger partial charge in [-0.25, -0.2) is 0 Å². The number of carbonyl (C=O) groups excluding carboxylic acids is 1. The number of likely N-dealkylation sites (N-methyl/N-ethyl adjacent to an activating group) is 2. The second-order valence-electron chi connectivity index (χ2n) is 4.76. The molecule has 0 spiro atoms. The monoisotopic (exact) mass is 293 g/mol. The standard InChI is InChI=1S/C15H23N3OS/c1-5-18(6-2)13(19)10-17(4)14-11(3)8-7-9-12(14)15(16)20/h7-9H,5-6,10H2,1-4H3,(H2,16,20). The van der Waals surface area contributed by atoms with Crippen molar-refractivity contribution in [1.82, 2.24) is 4.90 Å². The molecule has 1 rings (SSSR count). The van der Waals surface area contributed by atoms with Crippen molar-refractivity contribution in [2.75, 3.05) is 31.6 Å². The van der Waals surface area contributed by atoms with Crippen molar-refractivity contribution < 1.29 is 4.79 Å². The zero-order valence-corrected chi connectivity index (χ0v) is 13.5. The number of rotatable bonds is 6. The quantitative estimate of drug-likeness (QED) is 0.814. The van der Waals surface area contributed by atoms with Gasteiger partial charge in [0.05, 0.1) is 12.2 Å². The van der Waals surface area contributed by atoms with Crippen LogP contribution in [0.4, 0.5) is 5.69 Å². The summed E-state index contributed by atoms with van der Waals surface area (Å²) in [7, 11) is 1.89. The summed E-state index contributed by atoms with van der Waals surface area (Å²) in [5.41, 5.74) is 8.58. The van der Waals surface area contributed by atoms with E-state index in [-0.39, 0.29) is 5.91 Å². The van der Waals surface area contributed by atoms with Crippen molar-refractivity contribution in [3.63, 3.8) is 0 Å². The zero-order valence-electron chi connectivity index (χ0n) is 12.6. The first-order chi connectivity index (χ1) is 9.42. The molecule has 1 aromatic carbocycles. The summed E-state index contributed by atoms with van der Waals surface area (Å²) < 4.78 is 0. The summed E-state index contributed by atoms with van der Waals surface area (Å²) in [6, 6.07) is 5.81. The van der Waals surface area contributed by atoms with Crippen LogP contribution in [0.15, 0.2) is 18.2 Å². The molecule has 4 nitrogen and oxygen atoms in total. The number of anilines is 1. The maximum atomic E-state index is 12.2. The third kappa shape index (κ3) is 3.70. The van der Waals surface area contributed by atoms with Crippen molar-refractivity contribution in [1.29, 1.82) is 0 Å². The van der Waals surface area contributed by atoms with Crippen LogP contribution >= 0.6 is 12.2 Å². The van der Waals surface area contributed by atoms with Gasteiger partial charge in [-0.1, -0.05) is 24.4 Å². The van der Waals surface area contributed by atoms with Crippen molar-refractivity contribution in [2.24, 2.45) is 5.73 Å². The fourth-order valence-electron chi connectivity index (χ4n) is 2.32. The Balaban J connectivity index is 3.01. The molecule has 0 fully saturated rings. The highest BCUT2D eigenvalue weighted by Gasteiger charge is 2.17.